The molecule has 0 aliphatic heterocycles. The Balaban J connectivity index is 2.06. The van der Waals surface area contributed by atoms with Crippen LogP contribution in [0.3, 0.4) is 0 Å². The summed E-state index contributed by atoms with van der Waals surface area (Å²) in [5, 5.41) is 13.0. The van der Waals surface area contributed by atoms with Crippen LogP contribution in [0.4, 0.5) is 5.82 Å². The molecule has 2 N–H and O–H groups in total. The van der Waals surface area contributed by atoms with E-state index in [1.165, 1.54) is 0 Å². The molecule has 5 nitrogen and oxygen atoms in total. The molecule has 1 aliphatic carbocycles. The van der Waals surface area contributed by atoms with E-state index in [-0.39, 0.29) is 5.56 Å². The van der Waals surface area contributed by atoms with Gasteiger partial charge in [-0.05, 0) is 25.2 Å². The predicted molar refractivity (Wildman–Crippen MR) is 70.6 cm³/mol. The molecule has 1 aliphatic rings. The number of anilines is 1. The molecule has 0 amide bonds. The quantitative estimate of drug-likeness (QED) is 0.826. The van der Waals surface area contributed by atoms with E-state index in [2.05, 4.69) is 24.1 Å². The summed E-state index contributed by atoms with van der Waals surface area (Å²) in [6, 6.07) is 0. The number of aliphatic hydroxyl groups is 1. The molecule has 5 heteroatoms. The Morgan fingerprint density at radius 2 is 2.28 bits per heavy atom. The fourth-order valence-corrected chi connectivity index (χ4v) is 2.12. The number of rotatable bonds is 5. The van der Waals surface area contributed by atoms with Crippen LogP contribution < -0.4 is 10.9 Å². The first-order valence-corrected chi connectivity index (χ1v) is 6.52. The second kappa shape index (κ2) is 5.10. The summed E-state index contributed by atoms with van der Waals surface area (Å²) >= 11 is 0. The summed E-state index contributed by atoms with van der Waals surface area (Å²) in [5.41, 5.74) is -0.763. The number of hydrogen-bond donors (Lipinski definition) is 2. The molecule has 1 fully saturated rings. The number of hydrogen-bond acceptors (Lipinski definition) is 4. The van der Waals surface area contributed by atoms with Crippen molar-refractivity contribution in [1.29, 1.82) is 0 Å². The molecule has 0 atom stereocenters. The van der Waals surface area contributed by atoms with E-state index >= 15 is 0 Å². The third-order valence-electron chi connectivity index (χ3n) is 3.34. The smallest absolute Gasteiger partial charge is 0.293 e. The largest absolute Gasteiger partial charge is 0.388 e. The molecule has 0 saturated heterocycles. The third kappa shape index (κ3) is 2.90. The van der Waals surface area contributed by atoms with Gasteiger partial charge in [-0.15, -0.1) is 0 Å². The lowest BCUT2D eigenvalue weighted by atomic mass is 9.80. The Hall–Kier alpha value is -1.36. The molecule has 0 bridgehead atoms. The van der Waals surface area contributed by atoms with Crippen molar-refractivity contribution >= 4 is 5.82 Å². The highest BCUT2D eigenvalue weighted by atomic mass is 16.3. The summed E-state index contributed by atoms with van der Waals surface area (Å²) in [7, 11) is 0. The summed E-state index contributed by atoms with van der Waals surface area (Å²) in [6.07, 6.45) is 5.97. The van der Waals surface area contributed by atoms with E-state index in [0.29, 0.717) is 24.8 Å². The minimum absolute atomic E-state index is 0.117. The second-order valence-electron chi connectivity index (χ2n) is 5.56. The maximum Gasteiger partial charge on any atom is 0.293 e. The molecule has 1 saturated carbocycles. The summed E-state index contributed by atoms with van der Waals surface area (Å²) < 4.78 is 1.66. The van der Waals surface area contributed by atoms with Crippen LogP contribution >= 0.6 is 0 Å². The lowest BCUT2D eigenvalue weighted by molar-refractivity contribution is -0.0202. The van der Waals surface area contributed by atoms with Crippen molar-refractivity contribution in [2.45, 2.75) is 45.3 Å². The van der Waals surface area contributed by atoms with Crippen LogP contribution in [0, 0.1) is 5.92 Å². The number of nitrogens with zero attached hydrogens (tertiary/aromatic N) is 2. The molecule has 0 aromatic carbocycles. The summed E-state index contributed by atoms with van der Waals surface area (Å²) in [4.78, 5) is 16.1. The van der Waals surface area contributed by atoms with Crippen LogP contribution in [0.25, 0.3) is 0 Å². The molecule has 0 unspecified atom stereocenters. The van der Waals surface area contributed by atoms with Crippen molar-refractivity contribution in [3.05, 3.63) is 22.7 Å². The van der Waals surface area contributed by atoms with Gasteiger partial charge in [-0.2, -0.15) is 0 Å². The first kappa shape index (κ1) is 13.1. The Morgan fingerprint density at radius 1 is 1.56 bits per heavy atom. The Bertz CT molecular complexity index is 464. The molecule has 1 aromatic heterocycles. The Kier molecular flexibility index (Phi) is 3.71. The van der Waals surface area contributed by atoms with E-state index in [1.54, 1.807) is 17.0 Å². The van der Waals surface area contributed by atoms with Crippen molar-refractivity contribution < 1.29 is 5.11 Å². The van der Waals surface area contributed by atoms with Crippen LogP contribution in [0.15, 0.2) is 17.2 Å². The molecule has 0 spiro atoms. The number of aromatic nitrogens is 2. The van der Waals surface area contributed by atoms with Crippen molar-refractivity contribution in [3.8, 4) is 0 Å². The fraction of sp³-hybridized carbons (Fsp3) is 0.692. The lowest BCUT2D eigenvalue weighted by Gasteiger charge is -2.36. The Labute approximate surface area is 107 Å². The average molecular weight is 251 g/mol. The summed E-state index contributed by atoms with van der Waals surface area (Å²) in [5.74, 6) is 0.743. The average Bonchev–Trinajstić information content (AvgIpc) is 2.27. The third-order valence-corrected chi connectivity index (χ3v) is 3.34. The molecular weight excluding hydrogens is 230 g/mol. The van der Waals surface area contributed by atoms with Crippen LogP contribution in [0.1, 0.15) is 33.1 Å². The van der Waals surface area contributed by atoms with Crippen molar-refractivity contribution in [1.82, 2.24) is 9.55 Å². The zero-order chi connectivity index (χ0) is 13.2. The Morgan fingerprint density at radius 3 is 2.83 bits per heavy atom. The minimum atomic E-state index is -0.646. The van der Waals surface area contributed by atoms with Gasteiger partial charge in [0.05, 0.1) is 5.60 Å². The topological polar surface area (TPSA) is 67.2 Å². The molecule has 2 rings (SSSR count). The summed E-state index contributed by atoms with van der Waals surface area (Å²) in [6.45, 7) is 5.22. The van der Waals surface area contributed by atoms with Gasteiger partial charge >= 0.3 is 0 Å². The highest BCUT2D eigenvalue weighted by Crippen LogP contribution is 2.31. The van der Waals surface area contributed by atoms with Crippen LogP contribution in [-0.4, -0.2) is 26.8 Å². The van der Waals surface area contributed by atoms with Gasteiger partial charge in [0, 0.05) is 25.5 Å². The van der Waals surface area contributed by atoms with E-state index in [1.807, 2.05) is 0 Å². The minimum Gasteiger partial charge on any atom is -0.388 e. The SMILES string of the molecule is CC(C)Cn1ccnc(NCC2(O)CCC2)c1=O. The predicted octanol–water partition coefficient (Wildman–Crippen LogP) is 1.23. The molecule has 0 radical (unpaired) electrons. The second-order valence-corrected chi connectivity index (χ2v) is 5.56. The fourth-order valence-electron chi connectivity index (χ4n) is 2.12. The van der Waals surface area contributed by atoms with Gasteiger partial charge in [-0.1, -0.05) is 13.8 Å². The van der Waals surface area contributed by atoms with Gasteiger partial charge in [0.1, 0.15) is 0 Å². The highest BCUT2D eigenvalue weighted by molar-refractivity contribution is 5.31. The van der Waals surface area contributed by atoms with E-state index in [9.17, 15) is 9.90 Å². The van der Waals surface area contributed by atoms with Gasteiger partial charge in [0.25, 0.3) is 5.56 Å². The van der Waals surface area contributed by atoms with Gasteiger partial charge in [-0.3, -0.25) is 4.79 Å². The van der Waals surface area contributed by atoms with Gasteiger partial charge in [0.2, 0.25) is 0 Å². The maximum absolute atomic E-state index is 12.1. The lowest BCUT2D eigenvalue weighted by Crippen LogP contribution is -2.44. The van der Waals surface area contributed by atoms with Crippen molar-refractivity contribution in [3.63, 3.8) is 0 Å². The molecule has 100 valence electrons. The normalized spacial score (nSPS) is 17.6. The van der Waals surface area contributed by atoms with Crippen LogP contribution in [-0.2, 0) is 6.54 Å². The zero-order valence-electron chi connectivity index (χ0n) is 11.0. The highest BCUT2D eigenvalue weighted by Gasteiger charge is 2.34. The maximum atomic E-state index is 12.1. The zero-order valence-corrected chi connectivity index (χ0v) is 11.0. The van der Waals surface area contributed by atoms with Gasteiger partial charge in [0.15, 0.2) is 5.82 Å². The first-order valence-electron chi connectivity index (χ1n) is 6.52. The van der Waals surface area contributed by atoms with Crippen molar-refractivity contribution in [2.75, 3.05) is 11.9 Å². The van der Waals surface area contributed by atoms with Crippen LogP contribution in [0.2, 0.25) is 0 Å². The van der Waals surface area contributed by atoms with Gasteiger partial charge in [-0.25, -0.2) is 4.98 Å². The van der Waals surface area contributed by atoms with E-state index in [0.717, 1.165) is 19.3 Å². The standard InChI is InChI=1S/C13H21N3O2/c1-10(2)8-16-7-6-14-11(12(16)17)15-9-13(18)4-3-5-13/h6-7,10,18H,3-5,8-9H2,1-2H3,(H,14,15). The molecular formula is C13H21N3O2. The number of nitrogens with one attached hydrogen (secondary N) is 1. The van der Waals surface area contributed by atoms with Crippen LogP contribution in [0.5, 0.6) is 0 Å². The van der Waals surface area contributed by atoms with Gasteiger partial charge < -0.3 is 15.0 Å². The van der Waals surface area contributed by atoms with Crippen molar-refractivity contribution in [2.24, 2.45) is 5.92 Å². The molecule has 18 heavy (non-hydrogen) atoms. The molecule has 1 heterocycles. The monoisotopic (exact) mass is 251 g/mol. The van der Waals surface area contributed by atoms with E-state index < -0.39 is 5.60 Å². The first-order chi connectivity index (χ1) is 8.50. The molecule has 1 aromatic rings. The van der Waals surface area contributed by atoms with E-state index in [4.69, 9.17) is 0 Å².